The topological polar surface area (TPSA) is 61.8 Å². The number of fused-ring (bicyclic) bond motifs is 1. The first-order valence-electron chi connectivity index (χ1n) is 8.47. The van der Waals surface area contributed by atoms with Crippen LogP contribution in [0.25, 0.3) is 0 Å². The van der Waals surface area contributed by atoms with Crippen LogP contribution in [0.1, 0.15) is 24.9 Å². The van der Waals surface area contributed by atoms with Crippen LogP contribution in [0.15, 0.2) is 54.6 Å². The van der Waals surface area contributed by atoms with Gasteiger partial charge in [0.05, 0.1) is 12.2 Å². The average molecular weight is 340 g/mol. The lowest BCUT2D eigenvalue weighted by Crippen LogP contribution is -2.46. The van der Waals surface area contributed by atoms with Gasteiger partial charge in [0.15, 0.2) is 0 Å². The highest BCUT2D eigenvalue weighted by Gasteiger charge is 2.34. The lowest BCUT2D eigenvalue weighted by atomic mass is 10.0. The van der Waals surface area contributed by atoms with E-state index in [-0.39, 0.29) is 25.1 Å². The molecule has 132 valence electrons. The Bertz CT molecular complexity index is 731. The van der Waals surface area contributed by atoms with Gasteiger partial charge in [0.25, 0.3) is 0 Å². The number of carbonyl (C=O) groups excluding carboxylic acids is 1. The number of aliphatic hydroxyl groups is 1. The van der Waals surface area contributed by atoms with Crippen LogP contribution in [-0.2, 0) is 4.79 Å². The highest BCUT2D eigenvalue weighted by atomic mass is 16.5. The molecular formula is C20H24N2O3. The summed E-state index contributed by atoms with van der Waals surface area (Å²) in [6.07, 6.45) is 0.297. The SMILES string of the molecule is CNC(CC(=O)N1CC(C)(O)COc2ccccc21)c1ccccc1. The first-order valence-corrected chi connectivity index (χ1v) is 8.47. The summed E-state index contributed by atoms with van der Waals surface area (Å²) in [4.78, 5) is 14.7. The molecular weight excluding hydrogens is 316 g/mol. The average Bonchev–Trinajstić information content (AvgIpc) is 2.77. The second kappa shape index (κ2) is 7.25. The molecule has 2 N–H and O–H groups in total. The summed E-state index contributed by atoms with van der Waals surface area (Å²) >= 11 is 0. The molecule has 5 nitrogen and oxygen atoms in total. The zero-order valence-electron chi connectivity index (χ0n) is 14.6. The lowest BCUT2D eigenvalue weighted by molar-refractivity contribution is -0.119. The normalized spacial score (nSPS) is 21.0. The summed E-state index contributed by atoms with van der Waals surface area (Å²) < 4.78 is 5.70. The molecule has 0 spiro atoms. The molecule has 0 bridgehead atoms. The fourth-order valence-corrected chi connectivity index (χ4v) is 3.09. The van der Waals surface area contributed by atoms with E-state index in [1.807, 2.05) is 61.6 Å². The molecule has 3 rings (SSSR count). The van der Waals surface area contributed by atoms with E-state index in [0.717, 1.165) is 5.56 Å². The van der Waals surface area contributed by atoms with E-state index in [0.29, 0.717) is 17.9 Å². The van der Waals surface area contributed by atoms with Gasteiger partial charge in [-0.1, -0.05) is 42.5 Å². The van der Waals surface area contributed by atoms with E-state index < -0.39 is 5.60 Å². The molecule has 0 saturated heterocycles. The first-order chi connectivity index (χ1) is 12.0. The Morgan fingerprint density at radius 1 is 1.24 bits per heavy atom. The number of benzene rings is 2. The number of hydrogen-bond donors (Lipinski definition) is 2. The summed E-state index contributed by atoms with van der Waals surface area (Å²) in [5, 5.41) is 13.7. The van der Waals surface area contributed by atoms with Crippen LogP contribution in [0, 0.1) is 0 Å². The molecule has 0 radical (unpaired) electrons. The fourth-order valence-electron chi connectivity index (χ4n) is 3.09. The molecule has 0 aromatic heterocycles. The van der Waals surface area contributed by atoms with Crippen molar-refractivity contribution in [3.63, 3.8) is 0 Å². The molecule has 0 aliphatic carbocycles. The van der Waals surface area contributed by atoms with Gasteiger partial charge >= 0.3 is 0 Å². The van der Waals surface area contributed by atoms with Gasteiger partial charge in [-0.3, -0.25) is 4.79 Å². The second-order valence-electron chi connectivity index (χ2n) is 6.69. The molecule has 5 heteroatoms. The van der Waals surface area contributed by atoms with Crippen molar-refractivity contribution in [1.29, 1.82) is 0 Å². The van der Waals surface area contributed by atoms with Crippen molar-refractivity contribution < 1.29 is 14.6 Å². The highest BCUT2D eigenvalue weighted by Crippen LogP contribution is 2.34. The molecule has 2 unspecified atom stereocenters. The summed E-state index contributed by atoms with van der Waals surface area (Å²) in [5.74, 6) is 0.566. The van der Waals surface area contributed by atoms with Crippen molar-refractivity contribution in [3.05, 3.63) is 60.2 Å². The Balaban J connectivity index is 1.86. The van der Waals surface area contributed by atoms with E-state index in [2.05, 4.69) is 5.32 Å². The second-order valence-corrected chi connectivity index (χ2v) is 6.69. The van der Waals surface area contributed by atoms with E-state index >= 15 is 0 Å². The molecule has 0 fully saturated rings. The summed E-state index contributed by atoms with van der Waals surface area (Å²) in [7, 11) is 1.85. The van der Waals surface area contributed by atoms with E-state index in [9.17, 15) is 9.90 Å². The van der Waals surface area contributed by atoms with Gasteiger partial charge in [0.2, 0.25) is 5.91 Å². The van der Waals surface area contributed by atoms with Crippen molar-refractivity contribution in [2.45, 2.75) is 25.0 Å². The Kier molecular flexibility index (Phi) is 5.06. The Labute approximate surface area is 148 Å². The Hall–Kier alpha value is -2.37. The summed E-state index contributed by atoms with van der Waals surface area (Å²) in [5.41, 5.74) is 0.661. The maximum absolute atomic E-state index is 13.1. The molecule has 2 atom stereocenters. The Morgan fingerprint density at radius 2 is 1.92 bits per heavy atom. The van der Waals surface area contributed by atoms with Crippen molar-refractivity contribution in [3.8, 4) is 5.75 Å². The minimum absolute atomic E-state index is 0.0542. The predicted octanol–water partition coefficient (Wildman–Crippen LogP) is 2.51. The van der Waals surface area contributed by atoms with Gasteiger partial charge in [-0.05, 0) is 31.7 Å². The van der Waals surface area contributed by atoms with Crippen molar-refractivity contribution in [2.24, 2.45) is 0 Å². The number of rotatable bonds is 4. The Morgan fingerprint density at radius 3 is 2.64 bits per heavy atom. The third kappa shape index (κ3) is 4.00. The molecule has 2 aromatic carbocycles. The number of β-amino-alcohol motifs (C(OH)–C–C–N with tert-alkyl or cyclic N) is 1. The maximum atomic E-state index is 13.1. The van der Waals surface area contributed by atoms with Gasteiger partial charge in [0.1, 0.15) is 18.0 Å². The van der Waals surface area contributed by atoms with E-state index in [1.54, 1.807) is 11.8 Å². The van der Waals surface area contributed by atoms with E-state index in [4.69, 9.17) is 4.74 Å². The maximum Gasteiger partial charge on any atom is 0.229 e. The minimum Gasteiger partial charge on any atom is -0.488 e. The number of para-hydroxylation sites is 2. The van der Waals surface area contributed by atoms with Gasteiger partial charge in [-0.25, -0.2) is 0 Å². The number of hydrogen-bond acceptors (Lipinski definition) is 4. The van der Waals surface area contributed by atoms with Crippen LogP contribution in [0.3, 0.4) is 0 Å². The van der Waals surface area contributed by atoms with Crippen LogP contribution >= 0.6 is 0 Å². The number of nitrogens with one attached hydrogen (secondary N) is 1. The number of carbonyl (C=O) groups is 1. The third-order valence-electron chi connectivity index (χ3n) is 4.42. The number of ether oxygens (including phenoxy) is 1. The molecule has 1 heterocycles. The molecule has 1 aliphatic heterocycles. The predicted molar refractivity (Wildman–Crippen MR) is 97.8 cm³/mol. The van der Waals surface area contributed by atoms with Crippen LogP contribution in [-0.4, -0.2) is 36.8 Å². The van der Waals surface area contributed by atoms with Crippen molar-refractivity contribution in [1.82, 2.24) is 5.32 Å². The monoisotopic (exact) mass is 340 g/mol. The number of anilines is 1. The lowest BCUT2D eigenvalue weighted by Gasteiger charge is -2.29. The van der Waals surface area contributed by atoms with Crippen molar-refractivity contribution >= 4 is 11.6 Å². The number of nitrogens with zero attached hydrogens (tertiary/aromatic N) is 1. The highest BCUT2D eigenvalue weighted by molar-refractivity contribution is 5.95. The number of amides is 1. The zero-order chi connectivity index (χ0) is 17.9. The van der Waals surface area contributed by atoms with Gasteiger partial charge < -0.3 is 20.1 Å². The van der Waals surface area contributed by atoms with Crippen molar-refractivity contribution in [2.75, 3.05) is 25.1 Å². The largest absolute Gasteiger partial charge is 0.488 e. The first kappa shape index (κ1) is 17.5. The summed E-state index contributed by atoms with van der Waals surface area (Å²) in [6, 6.07) is 17.2. The van der Waals surface area contributed by atoms with Crippen LogP contribution in [0.5, 0.6) is 5.75 Å². The molecule has 2 aromatic rings. The van der Waals surface area contributed by atoms with Gasteiger partial charge in [0, 0.05) is 12.5 Å². The standard InChI is InChI=1S/C20H24N2O3/c1-20(24)13-22(17-10-6-7-11-18(17)25-14-20)19(23)12-16(21-2)15-8-4-3-5-9-15/h3-11,16,21,24H,12-14H2,1-2H3. The van der Waals surface area contributed by atoms with Gasteiger partial charge in [-0.15, -0.1) is 0 Å². The summed E-state index contributed by atoms with van der Waals surface area (Å²) in [6.45, 7) is 2.04. The molecule has 0 saturated carbocycles. The minimum atomic E-state index is -1.10. The van der Waals surface area contributed by atoms with Crippen LogP contribution in [0.2, 0.25) is 0 Å². The quantitative estimate of drug-likeness (QED) is 0.898. The van der Waals surface area contributed by atoms with Crippen LogP contribution in [0.4, 0.5) is 5.69 Å². The zero-order valence-corrected chi connectivity index (χ0v) is 14.6. The van der Waals surface area contributed by atoms with Crippen LogP contribution < -0.4 is 15.0 Å². The third-order valence-corrected chi connectivity index (χ3v) is 4.42. The molecule has 1 amide bonds. The molecule has 1 aliphatic rings. The smallest absolute Gasteiger partial charge is 0.229 e. The fraction of sp³-hybridized carbons (Fsp3) is 0.350. The molecule has 25 heavy (non-hydrogen) atoms. The van der Waals surface area contributed by atoms with Gasteiger partial charge in [-0.2, -0.15) is 0 Å². The van der Waals surface area contributed by atoms with E-state index in [1.165, 1.54) is 0 Å².